The van der Waals surface area contributed by atoms with Crippen molar-refractivity contribution in [2.75, 3.05) is 32.1 Å². The molecule has 0 atom stereocenters. The van der Waals surface area contributed by atoms with Crippen molar-refractivity contribution in [3.8, 4) is 5.75 Å². The van der Waals surface area contributed by atoms with Crippen LogP contribution >= 0.6 is 0 Å². The Labute approximate surface area is 142 Å². The number of carbonyl (C=O) groups excluding carboxylic acids is 1. The van der Waals surface area contributed by atoms with Gasteiger partial charge in [-0.2, -0.15) is 0 Å². The first-order chi connectivity index (χ1) is 11.4. The van der Waals surface area contributed by atoms with Gasteiger partial charge >= 0.3 is 0 Å². The second-order valence-electron chi connectivity index (χ2n) is 5.31. The van der Waals surface area contributed by atoms with Crippen molar-refractivity contribution in [1.29, 1.82) is 0 Å². The number of hydrogen-bond acceptors (Lipinski definition) is 4. The molecule has 0 N–H and O–H groups in total. The Balaban J connectivity index is 2.52. The number of hydrogen-bond donors (Lipinski definition) is 0. The summed E-state index contributed by atoms with van der Waals surface area (Å²) in [5.41, 5.74) is 0.369. The van der Waals surface area contributed by atoms with Crippen molar-refractivity contribution in [1.82, 2.24) is 4.90 Å². The number of rotatable bonds is 6. The maximum Gasteiger partial charge on any atom is 0.264 e. The zero-order valence-corrected chi connectivity index (χ0v) is 14.7. The van der Waals surface area contributed by atoms with Crippen LogP contribution in [0.1, 0.15) is 0 Å². The molecule has 0 aliphatic heterocycles. The highest BCUT2D eigenvalue weighted by atomic mass is 32.2. The van der Waals surface area contributed by atoms with Gasteiger partial charge in [-0.05, 0) is 24.3 Å². The van der Waals surface area contributed by atoms with E-state index in [1.807, 2.05) is 0 Å². The topological polar surface area (TPSA) is 66.9 Å². The molecule has 6 nitrogen and oxygen atoms in total. The molecule has 0 heterocycles. The fourth-order valence-electron chi connectivity index (χ4n) is 2.06. The van der Waals surface area contributed by atoms with Gasteiger partial charge in [0.05, 0.1) is 17.7 Å². The quantitative estimate of drug-likeness (QED) is 0.801. The second kappa shape index (κ2) is 7.35. The van der Waals surface area contributed by atoms with E-state index in [0.717, 1.165) is 4.31 Å². The summed E-state index contributed by atoms with van der Waals surface area (Å²) in [5.74, 6) is 0.190. The Kier molecular flexibility index (Phi) is 5.46. The average Bonchev–Trinajstić information content (AvgIpc) is 2.59. The molecule has 0 fully saturated rings. The van der Waals surface area contributed by atoms with E-state index in [1.165, 1.54) is 24.1 Å². The van der Waals surface area contributed by atoms with Crippen molar-refractivity contribution in [3.05, 3.63) is 54.6 Å². The van der Waals surface area contributed by atoms with E-state index in [1.54, 1.807) is 56.6 Å². The number of ether oxygens (including phenoxy) is 1. The van der Waals surface area contributed by atoms with Crippen molar-refractivity contribution in [3.63, 3.8) is 0 Å². The van der Waals surface area contributed by atoms with Gasteiger partial charge < -0.3 is 9.64 Å². The molecule has 0 saturated carbocycles. The monoisotopic (exact) mass is 348 g/mol. The summed E-state index contributed by atoms with van der Waals surface area (Å²) in [4.78, 5) is 13.6. The van der Waals surface area contributed by atoms with Gasteiger partial charge in [0.2, 0.25) is 5.91 Å². The van der Waals surface area contributed by atoms with Crippen LogP contribution in [0.4, 0.5) is 5.69 Å². The van der Waals surface area contributed by atoms with Crippen LogP contribution in [-0.4, -0.2) is 47.0 Å². The molecule has 0 saturated heterocycles. The van der Waals surface area contributed by atoms with Crippen LogP contribution in [0.15, 0.2) is 59.5 Å². The van der Waals surface area contributed by atoms with Crippen molar-refractivity contribution < 1.29 is 17.9 Å². The van der Waals surface area contributed by atoms with E-state index in [4.69, 9.17) is 4.74 Å². The van der Waals surface area contributed by atoms with Gasteiger partial charge in [-0.1, -0.05) is 24.3 Å². The summed E-state index contributed by atoms with van der Waals surface area (Å²) < 4.78 is 32.3. The molecule has 128 valence electrons. The van der Waals surface area contributed by atoms with E-state index in [9.17, 15) is 13.2 Å². The van der Waals surface area contributed by atoms with Crippen LogP contribution in [0.3, 0.4) is 0 Å². The highest BCUT2D eigenvalue weighted by molar-refractivity contribution is 7.92. The predicted molar refractivity (Wildman–Crippen MR) is 92.7 cm³/mol. The molecule has 0 aromatic heterocycles. The molecule has 0 aliphatic carbocycles. The number of methoxy groups -OCH3 is 1. The Morgan fingerprint density at radius 1 is 1.04 bits per heavy atom. The molecule has 2 rings (SSSR count). The minimum Gasteiger partial charge on any atom is -0.497 e. The van der Waals surface area contributed by atoms with Crippen LogP contribution in [-0.2, 0) is 14.8 Å². The standard InChI is InChI=1S/C17H20N2O4S/c1-18(2)17(20)13-19(14-8-7-9-15(12-14)23-3)24(21,22)16-10-5-4-6-11-16/h4-12H,13H2,1-3H3. The third kappa shape index (κ3) is 3.86. The average molecular weight is 348 g/mol. The Morgan fingerprint density at radius 2 is 1.71 bits per heavy atom. The fraction of sp³-hybridized carbons (Fsp3) is 0.235. The Bertz CT molecular complexity index is 804. The number of sulfonamides is 1. The van der Waals surface area contributed by atoms with Crippen LogP contribution in [0, 0.1) is 0 Å². The number of anilines is 1. The van der Waals surface area contributed by atoms with Crippen LogP contribution < -0.4 is 9.04 Å². The molecular weight excluding hydrogens is 328 g/mol. The molecule has 1 amide bonds. The van der Waals surface area contributed by atoms with E-state index < -0.39 is 10.0 Å². The molecule has 2 aromatic carbocycles. The van der Waals surface area contributed by atoms with Gasteiger partial charge in [0.25, 0.3) is 10.0 Å². The molecule has 0 aliphatic rings. The van der Waals surface area contributed by atoms with Crippen molar-refractivity contribution in [2.45, 2.75) is 4.90 Å². The lowest BCUT2D eigenvalue weighted by Gasteiger charge is -2.25. The smallest absolute Gasteiger partial charge is 0.264 e. The van der Waals surface area contributed by atoms with Crippen LogP contribution in [0.25, 0.3) is 0 Å². The number of nitrogens with zero attached hydrogens (tertiary/aromatic N) is 2. The van der Waals surface area contributed by atoms with Gasteiger partial charge in [0, 0.05) is 20.2 Å². The minimum absolute atomic E-state index is 0.124. The largest absolute Gasteiger partial charge is 0.497 e. The molecule has 0 spiro atoms. The van der Waals surface area contributed by atoms with Crippen molar-refractivity contribution in [2.24, 2.45) is 0 Å². The van der Waals surface area contributed by atoms with Gasteiger partial charge in [-0.15, -0.1) is 0 Å². The highest BCUT2D eigenvalue weighted by Crippen LogP contribution is 2.26. The van der Waals surface area contributed by atoms with Crippen LogP contribution in [0.2, 0.25) is 0 Å². The molecular formula is C17H20N2O4S. The van der Waals surface area contributed by atoms with Gasteiger partial charge in [0.1, 0.15) is 12.3 Å². The molecule has 0 unspecified atom stereocenters. The first-order valence-corrected chi connectivity index (χ1v) is 8.72. The summed E-state index contributed by atoms with van der Waals surface area (Å²) in [7, 11) is 0.792. The third-order valence-corrected chi connectivity index (χ3v) is 5.24. The lowest BCUT2D eigenvalue weighted by Crippen LogP contribution is -2.40. The first kappa shape index (κ1) is 17.8. The second-order valence-corrected chi connectivity index (χ2v) is 7.18. The number of amides is 1. The lowest BCUT2D eigenvalue weighted by molar-refractivity contribution is -0.127. The molecule has 2 aromatic rings. The fourth-order valence-corrected chi connectivity index (χ4v) is 3.49. The molecule has 0 radical (unpaired) electrons. The molecule has 0 bridgehead atoms. The van der Waals surface area contributed by atoms with E-state index in [0.29, 0.717) is 11.4 Å². The van der Waals surface area contributed by atoms with Gasteiger partial charge in [0.15, 0.2) is 0 Å². The number of likely N-dealkylation sites (N-methyl/N-ethyl adjacent to an activating group) is 1. The summed E-state index contributed by atoms with van der Waals surface area (Å²) in [6.07, 6.45) is 0. The SMILES string of the molecule is COc1cccc(N(CC(=O)N(C)C)S(=O)(=O)c2ccccc2)c1. The van der Waals surface area contributed by atoms with E-state index in [2.05, 4.69) is 0 Å². The predicted octanol–water partition coefficient (Wildman–Crippen LogP) is 1.98. The van der Waals surface area contributed by atoms with E-state index in [-0.39, 0.29) is 17.3 Å². The first-order valence-electron chi connectivity index (χ1n) is 7.28. The normalized spacial score (nSPS) is 11.0. The molecule has 24 heavy (non-hydrogen) atoms. The summed E-state index contributed by atoms with van der Waals surface area (Å²) in [5, 5.41) is 0. The maximum absolute atomic E-state index is 13.0. The number of benzene rings is 2. The summed E-state index contributed by atoms with van der Waals surface area (Å²) in [6.45, 7) is -0.294. The molecule has 7 heteroatoms. The summed E-state index contributed by atoms with van der Waals surface area (Å²) in [6, 6.07) is 14.6. The Hall–Kier alpha value is -2.54. The van der Waals surface area contributed by atoms with E-state index >= 15 is 0 Å². The highest BCUT2D eigenvalue weighted by Gasteiger charge is 2.27. The van der Waals surface area contributed by atoms with Crippen LogP contribution in [0.5, 0.6) is 5.75 Å². The van der Waals surface area contributed by atoms with Crippen molar-refractivity contribution >= 4 is 21.6 Å². The lowest BCUT2D eigenvalue weighted by atomic mass is 10.3. The van der Waals surface area contributed by atoms with Gasteiger partial charge in [-0.3, -0.25) is 9.10 Å². The number of carbonyl (C=O) groups is 1. The summed E-state index contributed by atoms with van der Waals surface area (Å²) >= 11 is 0. The Morgan fingerprint density at radius 3 is 2.29 bits per heavy atom. The zero-order valence-electron chi connectivity index (χ0n) is 13.8. The van der Waals surface area contributed by atoms with Gasteiger partial charge in [-0.25, -0.2) is 8.42 Å². The minimum atomic E-state index is -3.88. The maximum atomic E-state index is 13.0. The zero-order chi connectivity index (χ0) is 17.7. The third-order valence-electron chi connectivity index (χ3n) is 3.45.